The van der Waals surface area contributed by atoms with Gasteiger partial charge in [-0.05, 0) is 105 Å². The Morgan fingerprint density at radius 2 is 0.892 bits per heavy atom. The van der Waals surface area contributed by atoms with Gasteiger partial charge >= 0.3 is 0 Å². The molecule has 0 spiro atoms. The van der Waals surface area contributed by atoms with E-state index in [0.29, 0.717) is 17.8 Å². The monoisotopic (exact) mass is 491 g/mol. The molecule has 1 heteroatoms. The van der Waals surface area contributed by atoms with E-state index in [4.69, 9.17) is 0 Å². The largest absolute Gasteiger partial charge is 0.291 e. The van der Waals surface area contributed by atoms with Crippen molar-refractivity contribution in [3.63, 3.8) is 0 Å². The minimum atomic E-state index is 0.671. The molecule has 194 valence electrons. The molecule has 6 atom stereocenters. The topological polar surface area (TPSA) is 3.24 Å². The van der Waals surface area contributed by atoms with Gasteiger partial charge in [-0.3, -0.25) is 4.90 Å². The van der Waals surface area contributed by atoms with Gasteiger partial charge in [0.1, 0.15) is 0 Å². The predicted octanol–water partition coefficient (Wildman–Crippen LogP) is 8.78. The molecule has 0 heterocycles. The molecule has 37 heavy (non-hydrogen) atoms. The number of nitrogens with zero attached hydrogens (tertiary/aromatic N) is 1. The highest BCUT2D eigenvalue weighted by Crippen LogP contribution is 2.40. The van der Waals surface area contributed by atoms with Gasteiger partial charge in [0.25, 0.3) is 0 Å². The van der Waals surface area contributed by atoms with Crippen LogP contribution in [0, 0.1) is 17.8 Å². The minimum absolute atomic E-state index is 0.671. The molecule has 0 saturated heterocycles. The van der Waals surface area contributed by atoms with Crippen molar-refractivity contribution in [2.24, 2.45) is 17.8 Å². The molecule has 0 radical (unpaired) electrons. The van der Waals surface area contributed by atoms with E-state index in [1.54, 1.807) is 33.4 Å². The summed E-state index contributed by atoms with van der Waals surface area (Å²) in [5, 5.41) is 0. The molecule has 0 saturated carbocycles. The van der Waals surface area contributed by atoms with Gasteiger partial charge in [-0.25, -0.2) is 0 Å². The van der Waals surface area contributed by atoms with E-state index in [1.807, 2.05) is 0 Å². The first kappa shape index (κ1) is 24.9. The number of hydrogen-bond acceptors (Lipinski definition) is 1. The van der Waals surface area contributed by atoms with Gasteiger partial charge in [-0.15, -0.1) is 0 Å². The Hall–Kier alpha value is -2.38. The van der Waals surface area contributed by atoms with Crippen LogP contribution in [0.15, 0.2) is 54.6 Å². The zero-order valence-electron chi connectivity index (χ0n) is 23.9. The van der Waals surface area contributed by atoms with Crippen molar-refractivity contribution in [3.05, 3.63) is 105 Å². The quantitative estimate of drug-likeness (QED) is 0.333. The van der Waals surface area contributed by atoms with Gasteiger partial charge in [0.05, 0.1) is 0 Å². The first-order chi connectivity index (χ1) is 17.8. The fourth-order valence-corrected chi connectivity index (χ4v) is 7.54. The fraction of sp³-hybridized carbons (Fsp3) is 0.500. The van der Waals surface area contributed by atoms with E-state index < -0.39 is 0 Å². The molecule has 0 fully saturated rings. The third-order valence-corrected chi connectivity index (χ3v) is 10.5. The summed E-state index contributed by atoms with van der Waals surface area (Å²) < 4.78 is 0. The summed E-state index contributed by atoms with van der Waals surface area (Å²) in [7, 11) is 0. The highest BCUT2D eigenvalue weighted by molar-refractivity contribution is 5.41. The summed E-state index contributed by atoms with van der Waals surface area (Å²) in [6, 6.07) is 22.0. The van der Waals surface area contributed by atoms with Crippen molar-refractivity contribution in [1.29, 1.82) is 0 Å². The average molecular weight is 492 g/mol. The second kappa shape index (κ2) is 9.73. The van der Waals surface area contributed by atoms with Crippen LogP contribution in [0.25, 0.3) is 0 Å². The summed E-state index contributed by atoms with van der Waals surface area (Å²) in [5.41, 5.74) is 13.9. The van der Waals surface area contributed by atoms with Crippen LogP contribution in [-0.4, -0.2) is 4.90 Å². The lowest BCUT2D eigenvalue weighted by Gasteiger charge is -2.24. The highest BCUT2D eigenvalue weighted by atomic mass is 15.1. The van der Waals surface area contributed by atoms with E-state index in [0.717, 1.165) is 37.4 Å². The third kappa shape index (κ3) is 4.69. The average Bonchev–Trinajstić information content (AvgIpc) is 3.43. The van der Waals surface area contributed by atoms with Gasteiger partial charge < -0.3 is 0 Å². The van der Waals surface area contributed by atoms with Crippen LogP contribution in [0.2, 0.25) is 0 Å². The van der Waals surface area contributed by atoms with Crippen LogP contribution >= 0.6 is 0 Å². The van der Waals surface area contributed by atoms with Crippen LogP contribution in [0.4, 0.5) is 0 Å². The lowest BCUT2D eigenvalue weighted by molar-refractivity contribution is 0.247. The fourth-order valence-electron chi connectivity index (χ4n) is 7.54. The van der Waals surface area contributed by atoms with Crippen LogP contribution < -0.4 is 0 Å². The molecule has 3 aromatic carbocycles. The van der Waals surface area contributed by atoms with E-state index in [9.17, 15) is 0 Å². The molecular formula is C36H45N. The Kier molecular flexibility index (Phi) is 6.56. The first-order valence-electron chi connectivity index (χ1n) is 14.8. The number of benzene rings is 3. The maximum Gasteiger partial charge on any atom is 0.0240 e. The molecular weight excluding hydrogens is 446 g/mol. The SMILES string of the molecule is C[C@@H]1Cc2ccc(CN(Cc3ccc4c(c3)C[C@H](C)[C@@H]4C)Cc3ccc4c(c3)C[C@H](C)[C@@H]4C)cc2[C@@H]1C. The molecule has 0 unspecified atom stereocenters. The van der Waals surface area contributed by atoms with Gasteiger partial charge in [0, 0.05) is 19.6 Å². The molecule has 1 nitrogen and oxygen atoms in total. The standard InChI is InChI=1S/C36H45N/c1-22-13-31-10-7-30(18-36(31)27(22)6)21-37(19-28-8-11-34-25(4)23(2)14-32(34)16-28)20-29-9-12-35-26(5)24(3)15-33(35)17-29/h7-12,16-18,22-27H,13-15,19-21H2,1-6H3/t22-,23+,24+,25+,26+,27-/m1/s1. The Morgan fingerprint density at radius 3 is 1.41 bits per heavy atom. The van der Waals surface area contributed by atoms with E-state index in [2.05, 4.69) is 101 Å². The summed E-state index contributed by atoms with van der Waals surface area (Å²) in [6.45, 7) is 17.4. The van der Waals surface area contributed by atoms with Crippen molar-refractivity contribution in [2.75, 3.05) is 0 Å². The molecule has 0 aliphatic heterocycles. The molecule has 0 aromatic heterocycles. The molecule has 6 rings (SSSR count). The van der Waals surface area contributed by atoms with E-state index >= 15 is 0 Å². The van der Waals surface area contributed by atoms with Gasteiger partial charge in [0.2, 0.25) is 0 Å². The number of hydrogen-bond donors (Lipinski definition) is 0. The van der Waals surface area contributed by atoms with Crippen LogP contribution in [0.5, 0.6) is 0 Å². The smallest absolute Gasteiger partial charge is 0.0240 e. The first-order valence-corrected chi connectivity index (χ1v) is 14.8. The zero-order valence-corrected chi connectivity index (χ0v) is 23.9. The summed E-state index contributed by atoms with van der Waals surface area (Å²) >= 11 is 0. The Labute approximate surface area is 225 Å². The molecule has 3 aliphatic rings. The molecule has 0 bridgehead atoms. The van der Waals surface area contributed by atoms with Crippen molar-refractivity contribution in [3.8, 4) is 0 Å². The Balaban J connectivity index is 1.27. The summed E-state index contributed by atoms with van der Waals surface area (Å²) in [6.07, 6.45) is 3.69. The van der Waals surface area contributed by atoms with Crippen LogP contribution in [0.1, 0.15) is 109 Å². The van der Waals surface area contributed by atoms with Crippen molar-refractivity contribution in [2.45, 2.75) is 98.2 Å². The maximum atomic E-state index is 2.68. The Morgan fingerprint density at radius 1 is 0.486 bits per heavy atom. The third-order valence-electron chi connectivity index (χ3n) is 10.5. The van der Waals surface area contributed by atoms with Gasteiger partial charge in [-0.2, -0.15) is 0 Å². The highest BCUT2D eigenvalue weighted by Gasteiger charge is 2.28. The lowest BCUT2D eigenvalue weighted by Crippen LogP contribution is -2.23. The van der Waals surface area contributed by atoms with Gasteiger partial charge in [0.15, 0.2) is 0 Å². The van der Waals surface area contributed by atoms with Crippen LogP contribution in [0.3, 0.4) is 0 Å². The normalized spacial score (nSPS) is 28.0. The van der Waals surface area contributed by atoms with Crippen molar-refractivity contribution >= 4 is 0 Å². The molecule has 0 N–H and O–H groups in total. The van der Waals surface area contributed by atoms with Crippen molar-refractivity contribution in [1.82, 2.24) is 4.90 Å². The molecule has 3 aliphatic carbocycles. The predicted molar refractivity (Wildman–Crippen MR) is 156 cm³/mol. The Bertz CT molecular complexity index is 1230. The van der Waals surface area contributed by atoms with Gasteiger partial charge in [-0.1, -0.05) is 96.1 Å². The van der Waals surface area contributed by atoms with Crippen LogP contribution in [-0.2, 0) is 38.9 Å². The second-order valence-electron chi connectivity index (χ2n) is 13.2. The number of rotatable bonds is 6. The molecule has 3 aromatic rings. The zero-order chi connectivity index (χ0) is 25.8. The van der Waals surface area contributed by atoms with Crippen molar-refractivity contribution < 1.29 is 0 Å². The lowest BCUT2D eigenvalue weighted by atomic mass is 9.95. The van der Waals surface area contributed by atoms with E-state index in [1.165, 1.54) is 36.0 Å². The summed E-state index contributed by atoms with van der Waals surface area (Å²) in [5.74, 6) is 4.32. The minimum Gasteiger partial charge on any atom is -0.291 e. The maximum absolute atomic E-state index is 2.68. The molecule has 0 amide bonds. The summed E-state index contributed by atoms with van der Waals surface area (Å²) in [4.78, 5) is 2.68. The second-order valence-corrected chi connectivity index (χ2v) is 13.2. The van der Waals surface area contributed by atoms with E-state index in [-0.39, 0.29) is 0 Å². The number of fused-ring (bicyclic) bond motifs is 3.